The summed E-state index contributed by atoms with van der Waals surface area (Å²) >= 11 is 0. The summed E-state index contributed by atoms with van der Waals surface area (Å²) in [5, 5.41) is 9.75. The Kier molecular flexibility index (Phi) is 5.12. The molecule has 0 spiro atoms. The first-order valence-electron chi connectivity index (χ1n) is 2.27. The summed E-state index contributed by atoms with van der Waals surface area (Å²) < 4.78 is 0. The van der Waals surface area contributed by atoms with E-state index in [1.807, 2.05) is 0 Å². The molecule has 0 saturated carbocycles. The highest BCUT2D eigenvalue weighted by atomic mass is 15.1. The van der Waals surface area contributed by atoms with Gasteiger partial charge in [0.25, 0.3) is 0 Å². The number of hydrogen-bond acceptors (Lipinski definition) is 3. The average Bonchev–Trinajstić information content (AvgIpc) is 1.81. The molecule has 0 aliphatic rings. The highest BCUT2D eigenvalue weighted by Crippen LogP contribution is 1.68. The molecule has 0 bridgehead atoms. The first-order chi connectivity index (χ1) is 3.91. The molecule has 0 aromatic carbocycles. The summed E-state index contributed by atoms with van der Waals surface area (Å²) in [6.45, 7) is 0. The van der Waals surface area contributed by atoms with Crippen LogP contribution in [0, 0.1) is 0 Å². The van der Waals surface area contributed by atoms with Crippen LogP contribution < -0.4 is 5.32 Å². The molecule has 0 aromatic heterocycles. The van der Waals surface area contributed by atoms with Gasteiger partial charge in [-0.3, -0.25) is 0 Å². The van der Waals surface area contributed by atoms with Crippen molar-refractivity contribution in [3.05, 3.63) is 18.1 Å². The summed E-state index contributed by atoms with van der Waals surface area (Å²) in [6.07, 6.45) is 3.13. The lowest BCUT2D eigenvalue weighted by Gasteiger charge is -1.73. The topological polar surface area (TPSA) is 36.8 Å². The van der Waals surface area contributed by atoms with Crippen LogP contribution in [0.3, 0.4) is 0 Å². The molecule has 0 atom stereocenters. The minimum Gasteiger partial charge on any atom is -0.388 e. The first-order valence-corrected chi connectivity index (χ1v) is 2.27. The molecular weight excluding hydrogens is 102 g/mol. The second kappa shape index (κ2) is 5.92. The Labute approximate surface area is 48.8 Å². The highest BCUT2D eigenvalue weighted by molar-refractivity contribution is 4.78. The van der Waals surface area contributed by atoms with Crippen LogP contribution in [0.15, 0.2) is 28.4 Å². The Morgan fingerprint density at radius 3 is 2.88 bits per heavy atom. The van der Waals surface area contributed by atoms with E-state index in [0.717, 1.165) is 0 Å². The predicted molar refractivity (Wildman–Crippen MR) is 32.5 cm³/mol. The van der Waals surface area contributed by atoms with Crippen LogP contribution in [0.5, 0.6) is 0 Å². The molecule has 0 aliphatic heterocycles. The molecule has 8 heavy (non-hydrogen) atoms. The van der Waals surface area contributed by atoms with E-state index < -0.39 is 0 Å². The zero-order chi connectivity index (χ0) is 6.24. The molecule has 0 radical (unpaired) electrons. The lowest BCUT2D eigenvalue weighted by atomic mass is 10.8. The Bertz CT molecular complexity index is 120. The number of hydrogen-bond donors (Lipinski definition) is 1. The maximum atomic E-state index is 3.53. The van der Waals surface area contributed by atoms with E-state index in [1.54, 1.807) is 20.3 Å². The van der Waals surface area contributed by atoms with Crippen LogP contribution in [0.1, 0.15) is 0 Å². The third kappa shape index (κ3) is 4.92. The van der Waals surface area contributed by atoms with Crippen LogP contribution in [0.4, 0.5) is 0 Å². The van der Waals surface area contributed by atoms with E-state index in [9.17, 15) is 0 Å². The van der Waals surface area contributed by atoms with Gasteiger partial charge in [0.05, 0.1) is 6.20 Å². The van der Waals surface area contributed by atoms with Crippen molar-refractivity contribution in [2.24, 2.45) is 10.2 Å². The minimum atomic E-state index is 1.48. The van der Waals surface area contributed by atoms with Crippen molar-refractivity contribution in [2.75, 3.05) is 14.1 Å². The smallest absolute Gasteiger partial charge is 0.0924 e. The van der Waals surface area contributed by atoms with Gasteiger partial charge in [-0.2, -0.15) is 10.2 Å². The fourth-order valence-electron chi connectivity index (χ4n) is 0.212. The predicted octanol–water partition coefficient (Wildman–Crippen LogP) is 0.914. The van der Waals surface area contributed by atoms with E-state index in [1.165, 1.54) is 6.20 Å². The van der Waals surface area contributed by atoms with Crippen molar-refractivity contribution in [3.8, 4) is 0 Å². The molecular formula is C5H9N3. The Morgan fingerprint density at radius 1 is 1.62 bits per heavy atom. The van der Waals surface area contributed by atoms with Gasteiger partial charge in [-0.15, -0.1) is 0 Å². The van der Waals surface area contributed by atoms with Gasteiger partial charge in [0, 0.05) is 20.3 Å². The minimum absolute atomic E-state index is 1.48. The summed E-state index contributed by atoms with van der Waals surface area (Å²) in [5.74, 6) is 0. The van der Waals surface area contributed by atoms with E-state index in [2.05, 4.69) is 21.3 Å². The molecule has 0 heterocycles. The Hall–Kier alpha value is -1.08. The normalized spacial score (nSPS) is 8.25. The van der Waals surface area contributed by atoms with Crippen LogP contribution in [-0.2, 0) is 0 Å². The monoisotopic (exact) mass is 111 g/mol. The fourth-order valence-corrected chi connectivity index (χ4v) is 0.212. The van der Waals surface area contributed by atoms with Gasteiger partial charge in [0.15, 0.2) is 0 Å². The zero-order valence-electron chi connectivity index (χ0n) is 5.05. The van der Waals surface area contributed by atoms with Crippen molar-refractivity contribution >= 4 is 0 Å². The summed E-state index contributed by atoms with van der Waals surface area (Å²) in [6, 6.07) is 0. The number of rotatable bonds is 2. The van der Waals surface area contributed by atoms with E-state index in [0.29, 0.717) is 0 Å². The van der Waals surface area contributed by atoms with Gasteiger partial charge in [0.1, 0.15) is 0 Å². The quantitative estimate of drug-likeness (QED) is 0.417. The molecule has 44 valence electrons. The molecule has 0 rings (SSSR count). The molecule has 0 aromatic rings. The molecule has 1 N–H and O–H groups in total. The third-order valence-electron chi connectivity index (χ3n) is 0.475. The maximum absolute atomic E-state index is 3.53. The second-order valence-corrected chi connectivity index (χ2v) is 1.04. The standard InChI is InChI=1S/C5H9N3/c1-6-4-3-5-8-7-2/h4-6H,1-2H3. The molecule has 0 unspecified atom stereocenters. The zero-order valence-corrected chi connectivity index (χ0v) is 5.05. The first kappa shape index (κ1) is 6.92. The Morgan fingerprint density at radius 2 is 2.38 bits per heavy atom. The molecule has 0 aliphatic carbocycles. The lowest BCUT2D eigenvalue weighted by Crippen LogP contribution is -1.88. The third-order valence-corrected chi connectivity index (χ3v) is 0.475. The van der Waals surface area contributed by atoms with Crippen molar-refractivity contribution in [2.45, 2.75) is 0 Å². The van der Waals surface area contributed by atoms with E-state index >= 15 is 0 Å². The van der Waals surface area contributed by atoms with E-state index in [4.69, 9.17) is 0 Å². The second-order valence-electron chi connectivity index (χ2n) is 1.04. The van der Waals surface area contributed by atoms with Gasteiger partial charge < -0.3 is 5.32 Å². The van der Waals surface area contributed by atoms with Gasteiger partial charge >= 0.3 is 0 Å². The van der Waals surface area contributed by atoms with Gasteiger partial charge in [-0.25, -0.2) is 0 Å². The largest absolute Gasteiger partial charge is 0.388 e. The lowest BCUT2D eigenvalue weighted by molar-refractivity contribution is 1.10. The van der Waals surface area contributed by atoms with Crippen LogP contribution in [0.2, 0.25) is 0 Å². The molecule has 3 nitrogen and oxygen atoms in total. The Balaban J connectivity index is 3.47. The summed E-state index contributed by atoms with van der Waals surface area (Å²) in [5.41, 5.74) is 2.71. The highest BCUT2D eigenvalue weighted by Gasteiger charge is 1.52. The van der Waals surface area contributed by atoms with Gasteiger partial charge in [-0.05, 0) is 0 Å². The van der Waals surface area contributed by atoms with Crippen LogP contribution in [-0.4, -0.2) is 14.1 Å². The van der Waals surface area contributed by atoms with Gasteiger partial charge in [-0.1, -0.05) is 5.73 Å². The molecule has 3 heteroatoms. The van der Waals surface area contributed by atoms with Crippen LogP contribution in [0.25, 0.3) is 0 Å². The molecule has 0 amide bonds. The van der Waals surface area contributed by atoms with Crippen molar-refractivity contribution in [1.29, 1.82) is 0 Å². The number of azo groups is 1. The van der Waals surface area contributed by atoms with Crippen molar-refractivity contribution in [3.63, 3.8) is 0 Å². The summed E-state index contributed by atoms with van der Waals surface area (Å²) in [4.78, 5) is 0. The van der Waals surface area contributed by atoms with E-state index in [-0.39, 0.29) is 0 Å². The maximum Gasteiger partial charge on any atom is 0.0924 e. The fraction of sp³-hybridized carbons (Fsp3) is 0.400. The van der Waals surface area contributed by atoms with Gasteiger partial charge in [0.2, 0.25) is 0 Å². The average molecular weight is 111 g/mol. The molecule has 0 fully saturated rings. The number of nitrogens with one attached hydrogen (secondary N) is 1. The van der Waals surface area contributed by atoms with Crippen LogP contribution >= 0.6 is 0 Å². The van der Waals surface area contributed by atoms with Crippen molar-refractivity contribution < 1.29 is 0 Å². The summed E-state index contributed by atoms with van der Waals surface area (Å²) in [7, 11) is 3.40. The molecule has 0 saturated heterocycles. The SMILES string of the molecule is CN=NC=C=CNC. The van der Waals surface area contributed by atoms with Crippen molar-refractivity contribution in [1.82, 2.24) is 5.32 Å². The number of nitrogens with zero attached hydrogens (tertiary/aromatic N) is 2.